The number of ether oxygens (including phenoxy) is 2. The maximum atomic E-state index is 12.1. The van der Waals surface area contributed by atoms with Crippen molar-refractivity contribution in [3.05, 3.63) is 18.2 Å². The van der Waals surface area contributed by atoms with E-state index in [1.807, 2.05) is 38.1 Å². The van der Waals surface area contributed by atoms with Crippen molar-refractivity contribution < 1.29 is 14.3 Å². The lowest BCUT2D eigenvalue weighted by molar-refractivity contribution is -0.0596. The van der Waals surface area contributed by atoms with Gasteiger partial charge in [-0.05, 0) is 46.0 Å². The van der Waals surface area contributed by atoms with Crippen molar-refractivity contribution in [1.29, 1.82) is 0 Å². The van der Waals surface area contributed by atoms with Gasteiger partial charge in [0, 0.05) is 38.5 Å². The molecule has 0 saturated carbocycles. The minimum absolute atomic E-state index is 0.190. The Kier molecular flexibility index (Phi) is 5.13. The highest BCUT2D eigenvalue weighted by molar-refractivity contribution is 5.68. The molecule has 6 heteroatoms. The monoisotopic (exact) mass is 335 g/mol. The number of hydrogen-bond acceptors (Lipinski definition) is 4. The molecule has 24 heavy (non-hydrogen) atoms. The lowest BCUT2D eigenvalue weighted by Gasteiger charge is -2.33. The van der Waals surface area contributed by atoms with Crippen LogP contribution in [0.1, 0.15) is 45.9 Å². The Morgan fingerprint density at radius 2 is 2.04 bits per heavy atom. The minimum Gasteiger partial charge on any atom is -0.444 e. The molecule has 1 amide bonds. The summed E-state index contributed by atoms with van der Waals surface area (Å²) in [6.07, 6.45) is 8.22. The highest BCUT2D eigenvalue weighted by atomic mass is 16.6. The zero-order valence-corrected chi connectivity index (χ0v) is 15.0. The van der Waals surface area contributed by atoms with Crippen LogP contribution in [0, 0.1) is 5.92 Å². The number of piperidine rings is 1. The van der Waals surface area contributed by atoms with E-state index < -0.39 is 5.60 Å². The first-order chi connectivity index (χ1) is 11.4. The average Bonchev–Trinajstić information content (AvgIpc) is 2.89. The fourth-order valence-electron chi connectivity index (χ4n) is 3.25. The molecule has 1 atom stereocenters. The van der Waals surface area contributed by atoms with Crippen LogP contribution >= 0.6 is 0 Å². The molecule has 2 aliphatic rings. The summed E-state index contributed by atoms with van der Waals surface area (Å²) >= 11 is 0. The first-order valence-corrected chi connectivity index (χ1v) is 9.00. The van der Waals surface area contributed by atoms with Crippen molar-refractivity contribution in [3.8, 4) is 0 Å². The summed E-state index contributed by atoms with van der Waals surface area (Å²) in [5.74, 6) is 1.72. The molecule has 3 rings (SSSR count). The molecule has 2 fully saturated rings. The van der Waals surface area contributed by atoms with Crippen LogP contribution in [-0.2, 0) is 22.4 Å². The van der Waals surface area contributed by atoms with Crippen LogP contribution in [0.5, 0.6) is 0 Å². The molecule has 2 aliphatic heterocycles. The lowest BCUT2D eigenvalue weighted by Crippen LogP contribution is -2.42. The highest BCUT2D eigenvalue weighted by Gasteiger charge is 2.28. The van der Waals surface area contributed by atoms with Crippen molar-refractivity contribution in [2.75, 3.05) is 19.7 Å². The summed E-state index contributed by atoms with van der Waals surface area (Å²) in [5, 5.41) is 0. The Hall–Kier alpha value is -1.56. The first kappa shape index (κ1) is 17.3. The van der Waals surface area contributed by atoms with E-state index in [-0.39, 0.29) is 6.09 Å². The number of rotatable bonds is 4. The second-order valence-electron chi connectivity index (χ2n) is 7.89. The van der Waals surface area contributed by atoms with Crippen molar-refractivity contribution in [1.82, 2.24) is 14.5 Å². The molecule has 3 heterocycles. The van der Waals surface area contributed by atoms with Crippen LogP contribution in [0.25, 0.3) is 0 Å². The molecule has 0 radical (unpaired) electrons. The topological polar surface area (TPSA) is 56.6 Å². The zero-order chi connectivity index (χ0) is 17.2. The maximum absolute atomic E-state index is 12.1. The van der Waals surface area contributed by atoms with E-state index in [4.69, 9.17) is 9.47 Å². The number of nitrogens with zero attached hydrogens (tertiary/aromatic N) is 3. The van der Waals surface area contributed by atoms with Crippen molar-refractivity contribution in [2.45, 2.75) is 64.7 Å². The van der Waals surface area contributed by atoms with Crippen molar-refractivity contribution >= 4 is 6.09 Å². The molecule has 134 valence electrons. The van der Waals surface area contributed by atoms with E-state index in [1.54, 1.807) is 0 Å². The van der Waals surface area contributed by atoms with Gasteiger partial charge < -0.3 is 18.9 Å². The van der Waals surface area contributed by atoms with Crippen molar-refractivity contribution in [3.63, 3.8) is 0 Å². The normalized spacial score (nSPS) is 22.3. The molecule has 6 nitrogen and oxygen atoms in total. The van der Waals surface area contributed by atoms with Gasteiger partial charge in [-0.3, -0.25) is 0 Å². The van der Waals surface area contributed by atoms with Gasteiger partial charge in [0.15, 0.2) is 0 Å². The predicted molar refractivity (Wildman–Crippen MR) is 90.8 cm³/mol. The van der Waals surface area contributed by atoms with Gasteiger partial charge in [0.2, 0.25) is 0 Å². The van der Waals surface area contributed by atoms with E-state index in [0.29, 0.717) is 12.0 Å². The van der Waals surface area contributed by atoms with E-state index in [2.05, 4.69) is 9.55 Å². The molecule has 0 aliphatic carbocycles. The molecule has 0 N–H and O–H groups in total. The van der Waals surface area contributed by atoms with Gasteiger partial charge in [0.1, 0.15) is 11.4 Å². The third-order valence-electron chi connectivity index (χ3n) is 4.73. The zero-order valence-electron chi connectivity index (χ0n) is 15.0. The Bertz CT molecular complexity index is 552. The Morgan fingerprint density at radius 1 is 1.33 bits per heavy atom. The number of likely N-dealkylation sites (tertiary alicyclic amines) is 1. The van der Waals surface area contributed by atoms with E-state index >= 15 is 0 Å². The largest absolute Gasteiger partial charge is 0.444 e. The van der Waals surface area contributed by atoms with Gasteiger partial charge in [0.05, 0.1) is 12.6 Å². The number of imidazole rings is 1. The summed E-state index contributed by atoms with van der Waals surface area (Å²) < 4.78 is 13.2. The standard InChI is InChI=1S/C18H29N3O3/c1-18(2,3)24-17(22)20-8-4-14(5-9-20)12-16-19-7-10-21(16)13-15-6-11-23-15/h7,10,14-15H,4-6,8-9,11-13H2,1-3H3/t15-/m0/s1. The first-order valence-electron chi connectivity index (χ1n) is 9.00. The third kappa shape index (κ3) is 4.50. The van der Waals surface area contributed by atoms with Crippen LogP contribution < -0.4 is 0 Å². The molecule has 2 saturated heterocycles. The second kappa shape index (κ2) is 7.13. The fraction of sp³-hybridized carbons (Fsp3) is 0.778. The summed E-state index contributed by atoms with van der Waals surface area (Å²) in [5.41, 5.74) is -0.428. The number of carbonyl (C=O) groups is 1. The lowest BCUT2D eigenvalue weighted by atomic mass is 9.93. The molecular formula is C18H29N3O3. The van der Waals surface area contributed by atoms with Crippen molar-refractivity contribution in [2.24, 2.45) is 5.92 Å². The summed E-state index contributed by atoms with van der Waals surface area (Å²) in [4.78, 5) is 18.5. The Morgan fingerprint density at radius 3 is 2.62 bits per heavy atom. The maximum Gasteiger partial charge on any atom is 0.410 e. The molecule has 1 aromatic rings. The number of aromatic nitrogens is 2. The predicted octanol–water partition coefficient (Wildman–Crippen LogP) is 2.86. The molecule has 0 unspecified atom stereocenters. The number of amides is 1. The van der Waals surface area contributed by atoms with Crippen LogP contribution in [0.4, 0.5) is 4.79 Å². The Labute approximate surface area is 144 Å². The summed E-state index contributed by atoms with van der Waals surface area (Å²) in [6.45, 7) is 9.05. The molecule has 0 aromatic carbocycles. The van der Waals surface area contributed by atoms with Gasteiger partial charge in [-0.2, -0.15) is 0 Å². The van der Waals surface area contributed by atoms with Crippen LogP contribution in [-0.4, -0.2) is 51.9 Å². The van der Waals surface area contributed by atoms with E-state index in [1.165, 1.54) is 0 Å². The van der Waals surface area contributed by atoms with E-state index in [0.717, 1.165) is 57.7 Å². The highest BCUT2D eigenvalue weighted by Crippen LogP contribution is 2.23. The quantitative estimate of drug-likeness (QED) is 0.849. The van der Waals surface area contributed by atoms with Gasteiger partial charge >= 0.3 is 6.09 Å². The smallest absolute Gasteiger partial charge is 0.410 e. The van der Waals surface area contributed by atoms with Gasteiger partial charge in [-0.25, -0.2) is 9.78 Å². The van der Waals surface area contributed by atoms with Gasteiger partial charge in [-0.1, -0.05) is 0 Å². The fourth-order valence-corrected chi connectivity index (χ4v) is 3.25. The minimum atomic E-state index is -0.428. The summed E-state index contributed by atoms with van der Waals surface area (Å²) in [6, 6.07) is 0. The second-order valence-corrected chi connectivity index (χ2v) is 7.89. The van der Waals surface area contributed by atoms with Crippen LogP contribution in [0.2, 0.25) is 0 Å². The SMILES string of the molecule is CC(C)(C)OC(=O)N1CCC(Cc2nccn2C[C@@H]2CCO2)CC1. The average molecular weight is 335 g/mol. The van der Waals surface area contributed by atoms with Gasteiger partial charge in [0.25, 0.3) is 0 Å². The number of hydrogen-bond donors (Lipinski definition) is 0. The van der Waals surface area contributed by atoms with Gasteiger partial charge in [-0.15, -0.1) is 0 Å². The van der Waals surface area contributed by atoms with Crippen LogP contribution in [0.15, 0.2) is 12.4 Å². The molecule has 0 spiro atoms. The van der Waals surface area contributed by atoms with Crippen LogP contribution in [0.3, 0.4) is 0 Å². The number of carbonyl (C=O) groups excluding carboxylic acids is 1. The molecule has 1 aromatic heterocycles. The third-order valence-corrected chi connectivity index (χ3v) is 4.73. The Balaban J connectivity index is 1.47. The van der Waals surface area contributed by atoms with E-state index in [9.17, 15) is 4.79 Å². The summed E-state index contributed by atoms with van der Waals surface area (Å²) in [7, 11) is 0. The molecular weight excluding hydrogens is 306 g/mol. The molecule has 0 bridgehead atoms.